The van der Waals surface area contributed by atoms with E-state index >= 15 is 0 Å². The standard InChI is InChI=1S/C17H21F3O2SSi/c1-16(2,3)24(4,5)22-15-9-7-12-6-8-14(10-13(12)11-15)21-23-17(18,19)20/h6-11H,1-5H3. The van der Waals surface area contributed by atoms with Gasteiger partial charge in [-0.05, 0) is 53.2 Å². The normalized spacial score (nSPS) is 13.2. The minimum absolute atomic E-state index is 0.0657. The molecule has 0 saturated heterocycles. The van der Waals surface area contributed by atoms with Gasteiger partial charge in [-0.3, -0.25) is 0 Å². The molecule has 0 saturated carbocycles. The van der Waals surface area contributed by atoms with Crippen LogP contribution in [-0.2, 0) is 0 Å². The van der Waals surface area contributed by atoms with Gasteiger partial charge in [-0.25, -0.2) is 0 Å². The molecule has 0 radical (unpaired) electrons. The topological polar surface area (TPSA) is 18.5 Å². The summed E-state index contributed by atoms with van der Waals surface area (Å²) in [5, 5.41) is 1.77. The molecule has 7 heteroatoms. The van der Waals surface area contributed by atoms with Gasteiger partial charge >= 0.3 is 5.51 Å². The molecule has 2 aromatic rings. The van der Waals surface area contributed by atoms with Crippen molar-refractivity contribution in [3.8, 4) is 11.5 Å². The molecule has 0 unspecified atom stereocenters. The fourth-order valence-electron chi connectivity index (χ4n) is 1.86. The van der Waals surface area contributed by atoms with Gasteiger partial charge in [0.15, 0.2) is 12.0 Å². The quantitative estimate of drug-likeness (QED) is 0.434. The number of halogens is 3. The van der Waals surface area contributed by atoms with E-state index in [0.29, 0.717) is 0 Å². The Balaban J connectivity index is 2.26. The smallest absolute Gasteiger partial charge is 0.479 e. The highest BCUT2D eigenvalue weighted by Gasteiger charge is 2.39. The van der Waals surface area contributed by atoms with E-state index in [1.165, 1.54) is 6.07 Å². The molecule has 0 spiro atoms. The number of benzene rings is 2. The van der Waals surface area contributed by atoms with Crippen LogP contribution in [0.4, 0.5) is 13.2 Å². The van der Waals surface area contributed by atoms with Crippen molar-refractivity contribution in [2.45, 2.75) is 44.4 Å². The fourth-order valence-corrected chi connectivity index (χ4v) is 3.18. The zero-order valence-corrected chi connectivity index (χ0v) is 16.1. The van der Waals surface area contributed by atoms with E-state index in [4.69, 9.17) is 8.61 Å². The molecular formula is C17H21F3O2SSi. The molecular weight excluding hydrogens is 353 g/mol. The molecule has 132 valence electrons. The van der Waals surface area contributed by atoms with Crippen molar-refractivity contribution in [1.82, 2.24) is 0 Å². The van der Waals surface area contributed by atoms with Gasteiger partial charge in [-0.15, -0.1) is 0 Å². The van der Waals surface area contributed by atoms with E-state index in [1.54, 1.807) is 12.1 Å². The van der Waals surface area contributed by atoms with Gasteiger partial charge in [0, 0.05) is 0 Å². The van der Waals surface area contributed by atoms with E-state index in [9.17, 15) is 13.2 Å². The lowest BCUT2D eigenvalue weighted by atomic mass is 10.1. The van der Waals surface area contributed by atoms with Crippen LogP contribution in [-0.4, -0.2) is 13.8 Å². The van der Waals surface area contributed by atoms with Crippen molar-refractivity contribution in [3.63, 3.8) is 0 Å². The highest BCUT2D eigenvalue weighted by Crippen LogP contribution is 2.38. The SMILES string of the molecule is CC(C)(C)[Si](C)(C)Oc1ccc2ccc(OSC(F)(F)F)cc2c1. The highest BCUT2D eigenvalue weighted by atomic mass is 32.2. The lowest BCUT2D eigenvalue weighted by Crippen LogP contribution is -2.43. The van der Waals surface area contributed by atoms with Crippen molar-refractivity contribution in [3.05, 3.63) is 36.4 Å². The van der Waals surface area contributed by atoms with Crippen LogP contribution >= 0.6 is 12.0 Å². The molecule has 0 fully saturated rings. The third-order valence-electron chi connectivity index (χ3n) is 4.19. The maximum atomic E-state index is 12.2. The summed E-state index contributed by atoms with van der Waals surface area (Å²) in [6.45, 7) is 10.8. The summed E-state index contributed by atoms with van der Waals surface area (Å²) in [4.78, 5) is 0. The maximum absolute atomic E-state index is 12.2. The number of fused-ring (bicyclic) bond motifs is 1. The third-order valence-corrected chi connectivity index (χ3v) is 9.02. The monoisotopic (exact) mass is 374 g/mol. The predicted molar refractivity (Wildman–Crippen MR) is 96.0 cm³/mol. The van der Waals surface area contributed by atoms with E-state index in [2.05, 4.69) is 33.9 Å². The molecule has 0 heterocycles. The summed E-state index contributed by atoms with van der Waals surface area (Å²) in [6, 6.07) is 10.5. The summed E-state index contributed by atoms with van der Waals surface area (Å²) in [7, 11) is -1.97. The highest BCUT2D eigenvalue weighted by molar-refractivity contribution is 7.95. The first-order valence-corrected chi connectivity index (χ1v) is 11.2. The summed E-state index contributed by atoms with van der Waals surface area (Å²) in [5.41, 5.74) is -4.43. The Morgan fingerprint density at radius 3 is 1.96 bits per heavy atom. The van der Waals surface area contributed by atoms with Crippen LogP contribution in [0.2, 0.25) is 18.1 Å². The van der Waals surface area contributed by atoms with E-state index in [0.717, 1.165) is 16.5 Å². The lowest BCUT2D eigenvalue weighted by molar-refractivity contribution is -0.0369. The molecule has 0 amide bonds. The van der Waals surface area contributed by atoms with Crippen molar-refractivity contribution in [2.75, 3.05) is 0 Å². The van der Waals surface area contributed by atoms with Gasteiger partial charge in [0.25, 0.3) is 0 Å². The number of alkyl halides is 3. The third kappa shape index (κ3) is 4.83. The van der Waals surface area contributed by atoms with Crippen LogP contribution in [0.15, 0.2) is 36.4 Å². The van der Waals surface area contributed by atoms with Gasteiger partial charge < -0.3 is 8.61 Å². The molecule has 2 aromatic carbocycles. The lowest BCUT2D eigenvalue weighted by Gasteiger charge is -2.36. The Kier molecular flexibility index (Phi) is 5.16. The predicted octanol–water partition coefficient (Wildman–Crippen LogP) is 6.77. The summed E-state index contributed by atoms with van der Waals surface area (Å²) < 4.78 is 47.7. The Morgan fingerprint density at radius 2 is 1.42 bits per heavy atom. The van der Waals surface area contributed by atoms with Gasteiger partial charge in [-0.2, -0.15) is 13.2 Å². The number of hydrogen-bond donors (Lipinski definition) is 0. The Morgan fingerprint density at radius 1 is 0.875 bits per heavy atom. The Bertz CT molecular complexity index is 724. The average molecular weight is 374 g/mol. The van der Waals surface area contributed by atoms with Crippen LogP contribution in [0.5, 0.6) is 11.5 Å². The molecule has 0 aromatic heterocycles. The van der Waals surface area contributed by atoms with Crippen molar-refractivity contribution >= 4 is 31.1 Å². The average Bonchev–Trinajstić information content (AvgIpc) is 2.42. The second-order valence-corrected chi connectivity index (χ2v) is 12.7. The molecule has 0 aliphatic rings. The minimum Gasteiger partial charge on any atom is -0.543 e. The summed E-state index contributed by atoms with van der Waals surface area (Å²) in [6.07, 6.45) is 0. The van der Waals surface area contributed by atoms with Crippen molar-refractivity contribution < 1.29 is 21.8 Å². The zero-order chi connectivity index (χ0) is 18.2. The van der Waals surface area contributed by atoms with Crippen LogP contribution in [0, 0.1) is 0 Å². The molecule has 2 rings (SSSR count). The molecule has 0 N–H and O–H groups in total. The first-order valence-electron chi connectivity index (χ1n) is 7.53. The zero-order valence-electron chi connectivity index (χ0n) is 14.3. The van der Waals surface area contributed by atoms with Gasteiger partial charge in [0.05, 0.1) is 0 Å². The number of rotatable bonds is 4. The Labute approximate surface area is 145 Å². The summed E-state index contributed by atoms with van der Waals surface area (Å²) >= 11 is -0.512. The second kappa shape index (κ2) is 6.52. The van der Waals surface area contributed by atoms with Gasteiger partial charge in [-0.1, -0.05) is 32.9 Å². The molecule has 0 aliphatic heterocycles. The second-order valence-electron chi connectivity index (χ2n) is 7.15. The largest absolute Gasteiger partial charge is 0.543 e. The molecule has 2 nitrogen and oxygen atoms in total. The number of hydrogen-bond acceptors (Lipinski definition) is 3. The van der Waals surface area contributed by atoms with E-state index in [1.807, 2.05) is 18.2 Å². The van der Waals surface area contributed by atoms with E-state index in [-0.39, 0.29) is 10.8 Å². The minimum atomic E-state index is -4.43. The maximum Gasteiger partial charge on any atom is 0.479 e. The molecule has 0 bridgehead atoms. The molecule has 24 heavy (non-hydrogen) atoms. The first kappa shape index (κ1) is 19.0. The van der Waals surface area contributed by atoms with Gasteiger partial charge in [0.2, 0.25) is 8.32 Å². The van der Waals surface area contributed by atoms with Crippen LogP contribution in [0.3, 0.4) is 0 Å². The van der Waals surface area contributed by atoms with Crippen molar-refractivity contribution in [2.24, 2.45) is 0 Å². The van der Waals surface area contributed by atoms with Crippen LogP contribution < -0.4 is 8.61 Å². The van der Waals surface area contributed by atoms with Crippen LogP contribution in [0.1, 0.15) is 20.8 Å². The first-order chi connectivity index (χ1) is 10.9. The fraction of sp³-hybridized carbons (Fsp3) is 0.412. The molecule has 0 aliphatic carbocycles. The van der Waals surface area contributed by atoms with E-state index < -0.39 is 25.9 Å². The van der Waals surface area contributed by atoms with Crippen LogP contribution in [0.25, 0.3) is 10.8 Å². The summed E-state index contributed by atoms with van der Waals surface area (Å²) in [5.74, 6) is 0.893. The van der Waals surface area contributed by atoms with Gasteiger partial charge in [0.1, 0.15) is 11.5 Å². The molecule has 0 atom stereocenters. The Hall–Kier alpha value is -1.34. The van der Waals surface area contributed by atoms with Crippen molar-refractivity contribution in [1.29, 1.82) is 0 Å².